The van der Waals surface area contributed by atoms with Crippen LogP contribution >= 0.6 is 11.6 Å². The quantitative estimate of drug-likeness (QED) is 0.862. The Balaban J connectivity index is 2.28. The van der Waals surface area contributed by atoms with Crippen LogP contribution in [0.5, 0.6) is 0 Å². The smallest absolute Gasteiger partial charge is 0.228 e. The van der Waals surface area contributed by atoms with E-state index in [1.54, 1.807) is 0 Å². The maximum absolute atomic E-state index is 12.3. The van der Waals surface area contributed by atoms with Crippen LogP contribution in [0, 0.1) is 6.92 Å². The van der Waals surface area contributed by atoms with Gasteiger partial charge in [-0.3, -0.25) is 4.79 Å². The molecule has 2 rings (SSSR count). The van der Waals surface area contributed by atoms with E-state index in [-0.39, 0.29) is 18.0 Å². The highest BCUT2D eigenvalue weighted by atomic mass is 35.5. The Bertz CT molecular complexity index is 432. The lowest BCUT2D eigenvalue weighted by Crippen LogP contribution is -2.48. The molecule has 19 heavy (non-hydrogen) atoms. The molecular weight excluding hydrogens is 260 g/mol. The van der Waals surface area contributed by atoms with Crippen molar-refractivity contribution in [3.05, 3.63) is 29.8 Å². The summed E-state index contributed by atoms with van der Waals surface area (Å²) in [4.78, 5) is 14.2. The van der Waals surface area contributed by atoms with Crippen LogP contribution in [0.4, 0.5) is 5.69 Å². The van der Waals surface area contributed by atoms with Gasteiger partial charge in [-0.15, -0.1) is 11.6 Å². The van der Waals surface area contributed by atoms with Crippen LogP contribution in [0.1, 0.15) is 31.2 Å². The molecule has 0 saturated heterocycles. The van der Waals surface area contributed by atoms with Crippen molar-refractivity contribution >= 4 is 23.2 Å². The number of hydrogen-bond donors (Lipinski definition) is 1. The number of benzene rings is 1. The molecule has 2 unspecified atom stereocenters. The Morgan fingerprint density at radius 2 is 2.05 bits per heavy atom. The lowest BCUT2D eigenvalue weighted by Gasteiger charge is -2.32. The fourth-order valence-electron chi connectivity index (χ4n) is 2.72. The molecule has 4 heteroatoms. The Morgan fingerprint density at radius 3 is 2.58 bits per heavy atom. The number of carbonyl (C=O) groups excluding carboxylic acids is 1. The number of rotatable bonds is 4. The third-order valence-electron chi connectivity index (χ3n) is 3.75. The molecule has 104 valence electrons. The van der Waals surface area contributed by atoms with Gasteiger partial charge in [-0.2, -0.15) is 0 Å². The van der Waals surface area contributed by atoms with Crippen LogP contribution in [0.2, 0.25) is 0 Å². The Kier molecular flexibility index (Phi) is 4.83. The van der Waals surface area contributed by atoms with Crippen molar-refractivity contribution in [1.29, 1.82) is 0 Å². The summed E-state index contributed by atoms with van der Waals surface area (Å²) in [5.41, 5.74) is 8.27. The van der Waals surface area contributed by atoms with E-state index in [1.165, 1.54) is 5.56 Å². The zero-order valence-electron chi connectivity index (χ0n) is 11.3. The minimum absolute atomic E-state index is 0.0700. The Labute approximate surface area is 119 Å². The topological polar surface area (TPSA) is 46.3 Å². The van der Waals surface area contributed by atoms with E-state index in [0.717, 1.165) is 24.9 Å². The molecule has 1 amide bonds. The van der Waals surface area contributed by atoms with Gasteiger partial charge < -0.3 is 10.6 Å². The van der Waals surface area contributed by atoms with Crippen LogP contribution in [-0.2, 0) is 4.79 Å². The molecule has 1 saturated carbocycles. The molecule has 0 bridgehead atoms. The fraction of sp³-hybridized carbons (Fsp3) is 0.533. The first-order chi connectivity index (χ1) is 9.13. The summed E-state index contributed by atoms with van der Waals surface area (Å²) >= 11 is 5.72. The molecule has 0 spiro atoms. The van der Waals surface area contributed by atoms with E-state index in [9.17, 15) is 4.79 Å². The summed E-state index contributed by atoms with van der Waals surface area (Å²) in [6, 6.07) is 8.21. The number of anilines is 1. The van der Waals surface area contributed by atoms with Gasteiger partial charge in [-0.05, 0) is 38.3 Å². The highest BCUT2D eigenvalue weighted by Crippen LogP contribution is 2.28. The molecule has 1 aliphatic carbocycles. The average molecular weight is 281 g/mol. The van der Waals surface area contributed by atoms with Gasteiger partial charge in [0.15, 0.2) is 0 Å². The molecule has 0 heterocycles. The summed E-state index contributed by atoms with van der Waals surface area (Å²) in [7, 11) is 0. The van der Waals surface area contributed by atoms with Gasteiger partial charge in [0.1, 0.15) is 0 Å². The number of amides is 1. The standard InChI is InChI=1S/C15H21ClN2O/c1-11-5-7-12(8-6-11)18(15(19)9-10-16)14-4-2-3-13(14)17/h5-8,13-14H,2-4,9-10,17H2,1H3. The molecule has 1 aromatic carbocycles. The minimum Gasteiger partial charge on any atom is -0.326 e. The number of hydrogen-bond acceptors (Lipinski definition) is 2. The van der Waals surface area contributed by atoms with E-state index < -0.39 is 0 Å². The molecule has 1 fully saturated rings. The van der Waals surface area contributed by atoms with Crippen molar-refractivity contribution in [2.45, 2.75) is 44.7 Å². The van der Waals surface area contributed by atoms with Crippen molar-refractivity contribution in [2.24, 2.45) is 5.73 Å². The molecule has 1 aromatic rings. The van der Waals surface area contributed by atoms with Crippen LogP contribution in [0.3, 0.4) is 0 Å². The molecule has 0 aromatic heterocycles. The summed E-state index contributed by atoms with van der Waals surface area (Å²) in [5, 5.41) is 0. The maximum atomic E-state index is 12.3. The van der Waals surface area contributed by atoms with Crippen molar-refractivity contribution in [3.63, 3.8) is 0 Å². The van der Waals surface area contributed by atoms with Crippen molar-refractivity contribution in [2.75, 3.05) is 10.8 Å². The highest BCUT2D eigenvalue weighted by molar-refractivity contribution is 6.19. The molecule has 2 atom stereocenters. The van der Waals surface area contributed by atoms with Gasteiger partial charge in [0.25, 0.3) is 0 Å². The van der Waals surface area contributed by atoms with Gasteiger partial charge in [0.2, 0.25) is 5.91 Å². The zero-order chi connectivity index (χ0) is 13.8. The summed E-state index contributed by atoms with van der Waals surface area (Å²) < 4.78 is 0. The Hall–Kier alpha value is -1.06. The average Bonchev–Trinajstić information content (AvgIpc) is 2.79. The lowest BCUT2D eigenvalue weighted by molar-refractivity contribution is -0.118. The predicted octanol–water partition coefficient (Wildman–Crippen LogP) is 2.84. The first-order valence-electron chi connectivity index (χ1n) is 6.83. The highest BCUT2D eigenvalue weighted by Gasteiger charge is 2.33. The van der Waals surface area contributed by atoms with E-state index in [4.69, 9.17) is 17.3 Å². The molecule has 0 aliphatic heterocycles. The van der Waals surface area contributed by atoms with E-state index in [2.05, 4.69) is 0 Å². The number of carbonyl (C=O) groups is 1. The molecule has 0 radical (unpaired) electrons. The van der Waals surface area contributed by atoms with E-state index in [1.807, 2.05) is 36.1 Å². The largest absolute Gasteiger partial charge is 0.326 e. The summed E-state index contributed by atoms with van der Waals surface area (Å²) in [6.45, 7) is 2.04. The Morgan fingerprint density at radius 1 is 1.37 bits per heavy atom. The number of halogens is 1. The van der Waals surface area contributed by atoms with E-state index in [0.29, 0.717) is 12.3 Å². The van der Waals surface area contributed by atoms with Gasteiger partial charge in [-0.25, -0.2) is 0 Å². The maximum Gasteiger partial charge on any atom is 0.228 e. The van der Waals surface area contributed by atoms with Gasteiger partial charge in [0.05, 0.1) is 6.04 Å². The monoisotopic (exact) mass is 280 g/mol. The zero-order valence-corrected chi connectivity index (χ0v) is 12.1. The minimum atomic E-state index is 0.0700. The molecular formula is C15H21ClN2O. The third-order valence-corrected chi connectivity index (χ3v) is 3.94. The normalized spacial score (nSPS) is 22.5. The van der Waals surface area contributed by atoms with Crippen molar-refractivity contribution in [1.82, 2.24) is 0 Å². The van der Waals surface area contributed by atoms with Crippen molar-refractivity contribution in [3.8, 4) is 0 Å². The number of aryl methyl sites for hydroxylation is 1. The van der Waals surface area contributed by atoms with Gasteiger partial charge in [-0.1, -0.05) is 17.7 Å². The third kappa shape index (κ3) is 3.28. The number of nitrogens with zero attached hydrogens (tertiary/aromatic N) is 1. The molecule has 2 N–H and O–H groups in total. The van der Waals surface area contributed by atoms with Crippen molar-refractivity contribution < 1.29 is 4.79 Å². The second kappa shape index (κ2) is 6.40. The summed E-state index contributed by atoms with van der Waals surface area (Å²) in [5.74, 6) is 0.421. The molecule has 3 nitrogen and oxygen atoms in total. The van der Waals surface area contributed by atoms with Crippen LogP contribution in [0.15, 0.2) is 24.3 Å². The van der Waals surface area contributed by atoms with E-state index >= 15 is 0 Å². The fourth-order valence-corrected chi connectivity index (χ4v) is 2.88. The molecule has 1 aliphatic rings. The second-order valence-electron chi connectivity index (χ2n) is 5.20. The number of alkyl halides is 1. The SMILES string of the molecule is Cc1ccc(N(C(=O)CCCl)C2CCCC2N)cc1. The summed E-state index contributed by atoms with van der Waals surface area (Å²) in [6.07, 6.45) is 3.41. The van der Waals surface area contributed by atoms with Crippen LogP contribution in [0.25, 0.3) is 0 Å². The predicted molar refractivity (Wildman–Crippen MR) is 79.6 cm³/mol. The second-order valence-corrected chi connectivity index (χ2v) is 5.58. The first kappa shape index (κ1) is 14.4. The number of nitrogens with two attached hydrogens (primary N) is 1. The van der Waals surface area contributed by atoms with Gasteiger partial charge >= 0.3 is 0 Å². The lowest BCUT2D eigenvalue weighted by atomic mass is 10.1. The van der Waals surface area contributed by atoms with Crippen LogP contribution < -0.4 is 10.6 Å². The van der Waals surface area contributed by atoms with Gasteiger partial charge in [0, 0.05) is 24.0 Å². The first-order valence-corrected chi connectivity index (χ1v) is 7.37. The van der Waals surface area contributed by atoms with Crippen LogP contribution in [-0.4, -0.2) is 23.9 Å².